The van der Waals surface area contributed by atoms with Crippen molar-refractivity contribution in [2.45, 2.75) is 10.8 Å². The first-order valence-electron chi connectivity index (χ1n) is 6.33. The number of aromatic nitrogens is 1. The van der Waals surface area contributed by atoms with E-state index in [1.54, 1.807) is 24.3 Å². The lowest BCUT2D eigenvalue weighted by Gasteiger charge is -2.09. The van der Waals surface area contributed by atoms with E-state index in [1.165, 1.54) is 18.3 Å². The van der Waals surface area contributed by atoms with Gasteiger partial charge in [-0.1, -0.05) is 0 Å². The molecule has 9 heteroatoms. The first-order chi connectivity index (χ1) is 11.0. The number of carbonyl (C=O) groups is 2. The Hall–Kier alpha value is -2.68. The Labute approximate surface area is 134 Å². The zero-order chi connectivity index (χ0) is 16.8. The van der Waals surface area contributed by atoms with Gasteiger partial charge in [0.05, 0.1) is 5.56 Å². The molecule has 3 amide bonds. The summed E-state index contributed by atoms with van der Waals surface area (Å²) in [4.78, 5) is 26.7. The minimum atomic E-state index is -2.67. The number of carbonyl (C=O) groups excluding carboxylic acids is 2. The van der Waals surface area contributed by atoms with Crippen molar-refractivity contribution in [3.8, 4) is 0 Å². The van der Waals surface area contributed by atoms with Crippen LogP contribution in [0.1, 0.15) is 10.4 Å². The van der Waals surface area contributed by atoms with Crippen LogP contribution in [-0.4, -0.2) is 22.7 Å². The summed E-state index contributed by atoms with van der Waals surface area (Å²) in [6, 6.07) is 8.36. The second-order valence-corrected chi connectivity index (χ2v) is 5.23. The van der Waals surface area contributed by atoms with Crippen LogP contribution in [0, 0.1) is 0 Å². The van der Waals surface area contributed by atoms with Crippen LogP contribution in [0.4, 0.5) is 25.0 Å². The van der Waals surface area contributed by atoms with E-state index in [1.807, 2.05) is 0 Å². The van der Waals surface area contributed by atoms with Gasteiger partial charge in [-0.15, -0.1) is 0 Å². The van der Waals surface area contributed by atoms with Gasteiger partial charge in [-0.2, -0.15) is 8.78 Å². The van der Waals surface area contributed by atoms with Crippen molar-refractivity contribution in [3.63, 3.8) is 0 Å². The fraction of sp³-hybridized carbons (Fsp3) is 0.0714. The van der Waals surface area contributed by atoms with Crippen LogP contribution in [0.25, 0.3) is 0 Å². The number of thioether (sulfide) groups is 1. The predicted octanol–water partition coefficient (Wildman–Crippen LogP) is 3.14. The van der Waals surface area contributed by atoms with Gasteiger partial charge in [0.1, 0.15) is 5.03 Å². The predicted molar refractivity (Wildman–Crippen MR) is 83.7 cm³/mol. The molecule has 120 valence electrons. The number of primary amides is 1. The minimum Gasteiger partial charge on any atom is -0.351 e. The topological polar surface area (TPSA) is 97.1 Å². The van der Waals surface area contributed by atoms with Crippen molar-refractivity contribution in [3.05, 3.63) is 48.2 Å². The molecule has 23 heavy (non-hydrogen) atoms. The molecule has 0 aliphatic heterocycles. The summed E-state index contributed by atoms with van der Waals surface area (Å²) in [5.41, 5.74) is 5.93. The van der Waals surface area contributed by atoms with Crippen LogP contribution in [0.3, 0.4) is 0 Å². The van der Waals surface area contributed by atoms with E-state index >= 15 is 0 Å². The molecule has 0 saturated heterocycles. The first-order valence-corrected chi connectivity index (χ1v) is 7.21. The number of hydrogen-bond donors (Lipinski definition) is 3. The van der Waals surface area contributed by atoms with Gasteiger partial charge >= 0.3 is 6.03 Å². The SMILES string of the molecule is NC(=O)Nc1ccc(NC(=O)c2cccnc2SC(F)F)cc1. The van der Waals surface area contributed by atoms with Crippen LogP contribution in [0.2, 0.25) is 0 Å². The van der Waals surface area contributed by atoms with Gasteiger partial charge in [0, 0.05) is 17.6 Å². The molecule has 0 spiro atoms. The molecule has 6 nitrogen and oxygen atoms in total. The lowest BCUT2D eigenvalue weighted by atomic mass is 10.2. The maximum atomic E-state index is 12.5. The highest BCUT2D eigenvalue weighted by Crippen LogP contribution is 2.27. The number of nitrogens with zero attached hydrogens (tertiary/aromatic N) is 1. The second-order valence-electron chi connectivity index (χ2n) is 4.26. The summed E-state index contributed by atoms with van der Waals surface area (Å²) in [5, 5.41) is 4.90. The highest BCUT2D eigenvalue weighted by molar-refractivity contribution is 7.99. The maximum Gasteiger partial charge on any atom is 0.316 e. The Bertz CT molecular complexity index is 710. The van der Waals surface area contributed by atoms with Crippen LogP contribution >= 0.6 is 11.8 Å². The van der Waals surface area contributed by atoms with Crippen molar-refractivity contribution in [2.75, 3.05) is 10.6 Å². The second kappa shape index (κ2) is 7.54. The van der Waals surface area contributed by atoms with Gasteiger partial charge in [-0.25, -0.2) is 9.78 Å². The summed E-state index contributed by atoms with van der Waals surface area (Å²) in [6.45, 7) is 0. The molecular formula is C14H12F2N4O2S. The highest BCUT2D eigenvalue weighted by atomic mass is 32.2. The summed E-state index contributed by atoms with van der Waals surface area (Å²) < 4.78 is 25.0. The molecule has 0 atom stereocenters. The molecule has 0 unspecified atom stereocenters. The molecule has 0 fully saturated rings. The van der Waals surface area contributed by atoms with Gasteiger partial charge in [0.15, 0.2) is 0 Å². The van der Waals surface area contributed by atoms with Crippen molar-refractivity contribution in [1.29, 1.82) is 0 Å². The fourth-order valence-electron chi connectivity index (χ4n) is 1.72. The summed E-state index contributed by atoms with van der Waals surface area (Å²) in [7, 11) is 0. The Morgan fingerprint density at radius 2 is 1.70 bits per heavy atom. The molecule has 4 N–H and O–H groups in total. The van der Waals surface area contributed by atoms with E-state index in [0.717, 1.165) is 0 Å². The molecule has 0 aliphatic carbocycles. The molecule has 0 bridgehead atoms. The van der Waals surface area contributed by atoms with Gasteiger partial charge in [-0.05, 0) is 48.2 Å². The van der Waals surface area contributed by atoms with E-state index in [4.69, 9.17) is 5.73 Å². The van der Waals surface area contributed by atoms with Gasteiger partial charge in [0.25, 0.3) is 11.7 Å². The molecule has 0 radical (unpaired) electrons. The van der Waals surface area contributed by atoms with Crippen molar-refractivity contribution in [1.82, 2.24) is 4.98 Å². The quantitative estimate of drug-likeness (QED) is 0.730. The summed E-state index contributed by atoms with van der Waals surface area (Å²) >= 11 is 0.207. The standard InChI is InChI=1S/C14H12F2N4O2S/c15-13(16)23-12-10(2-1-7-18-12)11(21)19-8-3-5-9(6-4-8)20-14(17)22/h1-7,13H,(H,19,21)(H3,17,20,22). The number of alkyl halides is 2. The largest absolute Gasteiger partial charge is 0.351 e. The number of urea groups is 1. The Morgan fingerprint density at radius 3 is 2.26 bits per heavy atom. The lowest BCUT2D eigenvalue weighted by molar-refractivity contribution is 0.102. The molecule has 0 saturated carbocycles. The summed E-state index contributed by atoms with van der Waals surface area (Å²) in [5.74, 6) is -3.23. The zero-order valence-corrected chi connectivity index (χ0v) is 12.4. The smallest absolute Gasteiger partial charge is 0.316 e. The molecule has 1 aromatic heterocycles. The van der Waals surface area contributed by atoms with E-state index in [9.17, 15) is 18.4 Å². The van der Waals surface area contributed by atoms with Gasteiger partial charge in [-0.3, -0.25) is 4.79 Å². The number of rotatable bonds is 5. The van der Waals surface area contributed by atoms with Crippen LogP contribution < -0.4 is 16.4 Å². The van der Waals surface area contributed by atoms with Gasteiger partial charge < -0.3 is 16.4 Å². The van der Waals surface area contributed by atoms with Gasteiger partial charge in [0.2, 0.25) is 0 Å². The number of halogens is 2. The fourth-order valence-corrected chi connectivity index (χ4v) is 2.30. The van der Waals surface area contributed by atoms with Crippen LogP contribution in [-0.2, 0) is 0 Å². The average Bonchev–Trinajstić information content (AvgIpc) is 2.48. The number of nitrogens with one attached hydrogen (secondary N) is 2. The van der Waals surface area contributed by atoms with E-state index < -0.39 is 17.7 Å². The summed E-state index contributed by atoms with van der Waals surface area (Å²) in [6.07, 6.45) is 1.34. The lowest BCUT2D eigenvalue weighted by Crippen LogP contribution is -2.19. The van der Waals surface area contributed by atoms with Crippen LogP contribution in [0.15, 0.2) is 47.6 Å². The molecule has 2 rings (SSSR count). The highest BCUT2D eigenvalue weighted by Gasteiger charge is 2.16. The average molecular weight is 338 g/mol. The monoisotopic (exact) mass is 338 g/mol. The molecule has 2 aromatic rings. The van der Waals surface area contributed by atoms with E-state index in [0.29, 0.717) is 11.4 Å². The van der Waals surface area contributed by atoms with Crippen molar-refractivity contribution < 1.29 is 18.4 Å². The molecule has 0 aliphatic rings. The van der Waals surface area contributed by atoms with E-state index in [2.05, 4.69) is 15.6 Å². The molecule has 1 heterocycles. The Morgan fingerprint density at radius 1 is 1.09 bits per heavy atom. The number of anilines is 2. The number of nitrogens with two attached hydrogens (primary N) is 1. The maximum absolute atomic E-state index is 12.5. The third-order valence-electron chi connectivity index (χ3n) is 2.63. The number of benzene rings is 1. The Kier molecular flexibility index (Phi) is 5.47. The van der Waals surface area contributed by atoms with E-state index in [-0.39, 0.29) is 22.4 Å². The van der Waals surface area contributed by atoms with Crippen molar-refractivity contribution >= 4 is 35.1 Å². The van der Waals surface area contributed by atoms with Crippen molar-refractivity contribution in [2.24, 2.45) is 5.73 Å². The normalized spacial score (nSPS) is 10.4. The Balaban J connectivity index is 2.11. The number of hydrogen-bond acceptors (Lipinski definition) is 4. The first kappa shape index (κ1) is 16.7. The minimum absolute atomic E-state index is 0.0491. The third-order valence-corrected chi connectivity index (χ3v) is 3.35. The molecular weight excluding hydrogens is 326 g/mol. The number of amides is 3. The zero-order valence-electron chi connectivity index (χ0n) is 11.6. The molecule has 1 aromatic carbocycles. The number of pyridine rings is 1. The third kappa shape index (κ3) is 4.92. The van der Waals surface area contributed by atoms with Crippen LogP contribution in [0.5, 0.6) is 0 Å².